The first-order valence-corrected chi connectivity index (χ1v) is 3.42. The molecule has 0 saturated heterocycles. The highest BCUT2D eigenvalue weighted by Crippen LogP contribution is 1.78. The van der Waals surface area contributed by atoms with E-state index in [4.69, 9.17) is 0 Å². The lowest BCUT2D eigenvalue weighted by molar-refractivity contribution is 0.0956. The largest absolute Gasteiger partial charge is 0.758 e. The fourth-order valence-electron chi connectivity index (χ4n) is 0.232. The van der Waals surface area contributed by atoms with Gasteiger partial charge in [0.2, 0.25) is 0 Å². The van der Waals surface area contributed by atoms with Crippen molar-refractivity contribution in [2.24, 2.45) is 0 Å². The van der Waals surface area contributed by atoms with Crippen molar-refractivity contribution < 1.29 is 13.6 Å². The first kappa shape index (κ1) is 8.77. The van der Waals surface area contributed by atoms with E-state index in [1.54, 1.807) is 11.0 Å². The van der Waals surface area contributed by atoms with E-state index in [1.165, 1.54) is 0 Å². The molecule has 1 unspecified atom stereocenters. The van der Waals surface area contributed by atoms with E-state index in [2.05, 4.69) is 11.4 Å². The Hall–Kier alpha value is -0.230. The van der Waals surface area contributed by atoms with Crippen LogP contribution in [-0.2, 0) is 16.1 Å². The molecule has 4 nitrogen and oxygen atoms in total. The lowest BCUT2D eigenvalue weighted by Crippen LogP contribution is -2.17. The van der Waals surface area contributed by atoms with Gasteiger partial charge in [0.1, 0.15) is 0 Å². The minimum absolute atomic E-state index is 0.317. The van der Waals surface area contributed by atoms with Crippen LogP contribution in [0, 0.1) is 0 Å². The zero-order chi connectivity index (χ0) is 7.11. The standard InChI is InChI=1S/C4H9NO3S/c1-2-3-4-8-5-9(6)7/h2,5H,1,3-4H2,(H,6,7)/p-1. The minimum atomic E-state index is -2.33. The van der Waals surface area contributed by atoms with Crippen LogP contribution in [0.4, 0.5) is 0 Å². The van der Waals surface area contributed by atoms with Crippen molar-refractivity contribution in [1.29, 1.82) is 0 Å². The Kier molecular flexibility index (Phi) is 5.75. The molecule has 0 aromatic rings. The smallest absolute Gasteiger partial charge is 0.0728 e. The van der Waals surface area contributed by atoms with Crippen molar-refractivity contribution in [3.8, 4) is 0 Å². The summed E-state index contributed by atoms with van der Waals surface area (Å²) in [5, 5.41) is 0. The molecule has 0 rings (SSSR count). The Morgan fingerprint density at radius 2 is 2.56 bits per heavy atom. The molecule has 0 aromatic carbocycles. The van der Waals surface area contributed by atoms with Crippen LogP contribution >= 0.6 is 0 Å². The third kappa shape index (κ3) is 7.77. The molecular formula is C4H8NO3S-. The lowest BCUT2D eigenvalue weighted by atomic mass is 10.5. The fraction of sp³-hybridized carbons (Fsp3) is 0.500. The van der Waals surface area contributed by atoms with Crippen LogP contribution in [0.25, 0.3) is 0 Å². The minimum Gasteiger partial charge on any atom is -0.758 e. The van der Waals surface area contributed by atoms with Gasteiger partial charge in [-0.25, -0.2) is 0 Å². The number of hydrogen-bond acceptors (Lipinski definition) is 3. The quantitative estimate of drug-likeness (QED) is 0.257. The van der Waals surface area contributed by atoms with Crippen LogP contribution in [0.2, 0.25) is 0 Å². The summed E-state index contributed by atoms with van der Waals surface area (Å²) in [4.78, 5) is 6.15. The first-order valence-electron chi connectivity index (χ1n) is 2.35. The van der Waals surface area contributed by atoms with Crippen molar-refractivity contribution in [3.05, 3.63) is 12.7 Å². The van der Waals surface area contributed by atoms with Gasteiger partial charge in [-0.15, -0.1) is 11.5 Å². The summed E-state index contributed by atoms with van der Waals surface area (Å²) in [5.74, 6) is 0. The topological polar surface area (TPSA) is 61.4 Å². The maximum absolute atomic E-state index is 9.70. The molecule has 54 valence electrons. The van der Waals surface area contributed by atoms with Gasteiger partial charge in [-0.05, 0) is 6.42 Å². The summed E-state index contributed by atoms with van der Waals surface area (Å²) >= 11 is -2.33. The van der Waals surface area contributed by atoms with E-state index in [1.807, 2.05) is 0 Å². The van der Waals surface area contributed by atoms with Crippen molar-refractivity contribution in [2.45, 2.75) is 6.42 Å². The molecule has 0 aliphatic rings. The summed E-state index contributed by atoms with van der Waals surface area (Å²) in [5.41, 5.74) is 0. The van der Waals surface area contributed by atoms with Gasteiger partial charge in [0, 0.05) is 11.3 Å². The Morgan fingerprint density at radius 3 is 3.00 bits per heavy atom. The third-order valence-electron chi connectivity index (χ3n) is 0.551. The fourth-order valence-corrected chi connectivity index (χ4v) is 0.412. The summed E-state index contributed by atoms with van der Waals surface area (Å²) in [7, 11) is 0. The van der Waals surface area contributed by atoms with Crippen molar-refractivity contribution >= 4 is 11.3 Å². The maximum Gasteiger partial charge on any atom is 0.0728 e. The van der Waals surface area contributed by atoms with E-state index in [0.717, 1.165) is 0 Å². The molecule has 1 N–H and O–H groups in total. The van der Waals surface area contributed by atoms with E-state index in [0.29, 0.717) is 13.0 Å². The van der Waals surface area contributed by atoms with Crippen LogP contribution < -0.4 is 4.89 Å². The van der Waals surface area contributed by atoms with Crippen LogP contribution in [0.3, 0.4) is 0 Å². The summed E-state index contributed by atoms with van der Waals surface area (Å²) in [6.45, 7) is 3.73. The molecule has 9 heavy (non-hydrogen) atoms. The SMILES string of the molecule is C=CCCONS(=O)[O-]. The Labute approximate surface area is 56.3 Å². The van der Waals surface area contributed by atoms with Crippen LogP contribution in [0.1, 0.15) is 6.42 Å². The molecule has 0 fully saturated rings. The normalized spacial score (nSPS) is 13.0. The van der Waals surface area contributed by atoms with E-state index < -0.39 is 11.3 Å². The molecule has 0 bridgehead atoms. The van der Waals surface area contributed by atoms with Crippen molar-refractivity contribution in [1.82, 2.24) is 4.89 Å². The lowest BCUT2D eigenvalue weighted by Gasteiger charge is -2.04. The summed E-state index contributed by atoms with van der Waals surface area (Å²) in [6.07, 6.45) is 2.26. The van der Waals surface area contributed by atoms with Crippen molar-refractivity contribution in [2.75, 3.05) is 6.61 Å². The highest BCUT2D eigenvalue weighted by Gasteiger charge is 1.80. The predicted octanol–water partition coefficient (Wildman–Crippen LogP) is -0.122. The number of hydrogen-bond donors (Lipinski definition) is 1. The summed E-state index contributed by atoms with van der Waals surface area (Å²) < 4.78 is 19.4. The van der Waals surface area contributed by atoms with Crippen LogP contribution in [-0.4, -0.2) is 15.4 Å². The molecular weight excluding hydrogens is 142 g/mol. The van der Waals surface area contributed by atoms with Gasteiger partial charge in [0.15, 0.2) is 0 Å². The second kappa shape index (κ2) is 5.90. The average molecular weight is 150 g/mol. The average Bonchev–Trinajstić information content (AvgIpc) is 1.80. The molecule has 0 radical (unpaired) electrons. The molecule has 5 heteroatoms. The Balaban J connectivity index is 2.91. The summed E-state index contributed by atoms with van der Waals surface area (Å²) in [6, 6.07) is 0. The molecule has 0 saturated carbocycles. The van der Waals surface area contributed by atoms with Gasteiger partial charge >= 0.3 is 0 Å². The Morgan fingerprint density at radius 1 is 1.89 bits per heavy atom. The Bertz CT molecular complexity index is 106. The van der Waals surface area contributed by atoms with Gasteiger partial charge < -0.3 is 4.55 Å². The van der Waals surface area contributed by atoms with E-state index >= 15 is 0 Å². The number of rotatable bonds is 5. The van der Waals surface area contributed by atoms with Gasteiger partial charge in [0.25, 0.3) is 0 Å². The monoisotopic (exact) mass is 150 g/mol. The highest BCUT2D eigenvalue weighted by atomic mass is 32.2. The molecule has 0 aliphatic heterocycles. The van der Waals surface area contributed by atoms with E-state index in [-0.39, 0.29) is 0 Å². The second-order valence-corrected chi connectivity index (χ2v) is 1.88. The number of nitrogens with one attached hydrogen (secondary N) is 1. The molecule has 0 aromatic heterocycles. The molecule has 1 atom stereocenters. The van der Waals surface area contributed by atoms with Gasteiger partial charge in [-0.3, -0.25) is 9.05 Å². The van der Waals surface area contributed by atoms with Crippen LogP contribution in [0.15, 0.2) is 12.7 Å². The van der Waals surface area contributed by atoms with Crippen molar-refractivity contribution in [3.63, 3.8) is 0 Å². The molecule has 0 aliphatic carbocycles. The molecule has 0 amide bonds. The predicted molar refractivity (Wildman–Crippen MR) is 32.8 cm³/mol. The highest BCUT2D eigenvalue weighted by molar-refractivity contribution is 7.76. The molecule has 0 heterocycles. The molecule has 0 spiro atoms. The zero-order valence-corrected chi connectivity index (χ0v) is 5.65. The van der Waals surface area contributed by atoms with Crippen LogP contribution in [0.5, 0.6) is 0 Å². The second-order valence-electron chi connectivity index (χ2n) is 1.24. The van der Waals surface area contributed by atoms with Gasteiger partial charge in [0.05, 0.1) is 6.61 Å². The maximum atomic E-state index is 9.70. The zero-order valence-electron chi connectivity index (χ0n) is 4.83. The van der Waals surface area contributed by atoms with E-state index in [9.17, 15) is 8.76 Å². The van der Waals surface area contributed by atoms with Gasteiger partial charge in [-0.1, -0.05) is 6.08 Å². The first-order chi connectivity index (χ1) is 4.27. The third-order valence-corrected chi connectivity index (χ3v) is 0.805. The van der Waals surface area contributed by atoms with Gasteiger partial charge in [-0.2, -0.15) is 0 Å².